The van der Waals surface area contributed by atoms with Crippen molar-refractivity contribution in [3.63, 3.8) is 0 Å². The van der Waals surface area contributed by atoms with Crippen LogP contribution in [0.1, 0.15) is 30.4 Å². The number of rotatable bonds is 4. The molecule has 6 heteroatoms. The Morgan fingerprint density at radius 2 is 2.12 bits per heavy atom. The summed E-state index contributed by atoms with van der Waals surface area (Å²) >= 11 is 6.48. The Labute approximate surface area is 110 Å². The predicted molar refractivity (Wildman–Crippen MR) is 73.2 cm³/mol. The number of carbonyl (C=O) groups excluding carboxylic acids is 1. The van der Waals surface area contributed by atoms with Crippen LogP contribution in [0, 0.1) is 9.37 Å². The number of nitrogens with two attached hydrogens (primary N) is 1. The molecular weight excluding hydrogens is 256 g/mol. The van der Waals surface area contributed by atoms with Crippen LogP contribution in [-0.2, 0) is 11.3 Å². The van der Waals surface area contributed by atoms with Crippen molar-refractivity contribution in [2.45, 2.75) is 27.3 Å². The van der Waals surface area contributed by atoms with E-state index in [2.05, 4.69) is 0 Å². The molecule has 0 aliphatic rings. The van der Waals surface area contributed by atoms with Crippen molar-refractivity contribution in [3.05, 3.63) is 8.83 Å². The normalized spacial score (nSPS) is 11.8. The maximum atomic E-state index is 12.2. The number of Topliss-reactive ketones (excluding diaryl/α,β-unsaturated/α-hetero) is 1. The maximum absolute atomic E-state index is 12.2. The lowest BCUT2D eigenvalue weighted by atomic mass is 9.90. The summed E-state index contributed by atoms with van der Waals surface area (Å²) in [4.78, 5) is 12.7. The molecule has 0 aromatic carbocycles. The molecule has 0 spiro atoms. The van der Waals surface area contributed by atoms with Gasteiger partial charge in [0.1, 0.15) is 10.7 Å². The van der Waals surface area contributed by atoms with Gasteiger partial charge in [0.15, 0.2) is 9.74 Å². The van der Waals surface area contributed by atoms with Gasteiger partial charge in [-0.15, -0.1) is 0 Å². The first-order chi connectivity index (χ1) is 7.79. The van der Waals surface area contributed by atoms with Gasteiger partial charge in [0, 0.05) is 19.1 Å². The minimum atomic E-state index is -0.445. The lowest BCUT2D eigenvalue weighted by molar-refractivity contribution is 0.0863. The number of hydrogen-bond donors (Lipinski definition) is 1. The zero-order valence-electron chi connectivity index (χ0n) is 10.6. The molecule has 0 aliphatic heterocycles. The van der Waals surface area contributed by atoms with Gasteiger partial charge in [0.05, 0.1) is 6.61 Å². The second-order valence-corrected chi connectivity index (χ2v) is 6.45. The second kappa shape index (κ2) is 5.29. The SMILES string of the molecule is COCCn1c(N)c(C(=O)C(C)(C)C)sc1=S. The van der Waals surface area contributed by atoms with E-state index in [1.807, 2.05) is 20.8 Å². The molecule has 0 aliphatic carbocycles. The van der Waals surface area contributed by atoms with E-state index in [0.29, 0.717) is 27.8 Å². The maximum Gasteiger partial charge on any atom is 0.181 e. The van der Waals surface area contributed by atoms with Gasteiger partial charge in [-0.3, -0.25) is 4.79 Å². The number of ether oxygens (including phenoxy) is 1. The van der Waals surface area contributed by atoms with Crippen LogP contribution in [0.25, 0.3) is 0 Å². The fraction of sp³-hybridized carbons (Fsp3) is 0.636. The number of thiazole rings is 1. The van der Waals surface area contributed by atoms with Crippen molar-refractivity contribution in [1.82, 2.24) is 4.57 Å². The summed E-state index contributed by atoms with van der Waals surface area (Å²) in [6.45, 7) is 6.72. The highest BCUT2D eigenvalue weighted by molar-refractivity contribution is 7.73. The van der Waals surface area contributed by atoms with Crippen molar-refractivity contribution in [2.24, 2.45) is 5.41 Å². The second-order valence-electron chi connectivity index (χ2n) is 4.81. The van der Waals surface area contributed by atoms with Crippen LogP contribution in [0.3, 0.4) is 0 Å². The summed E-state index contributed by atoms with van der Waals surface area (Å²) in [6, 6.07) is 0. The van der Waals surface area contributed by atoms with E-state index < -0.39 is 5.41 Å². The minimum Gasteiger partial charge on any atom is -0.384 e. The highest BCUT2D eigenvalue weighted by Gasteiger charge is 2.27. The van der Waals surface area contributed by atoms with Gasteiger partial charge in [-0.25, -0.2) is 0 Å². The molecule has 0 saturated heterocycles. The molecule has 0 atom stereocenters. The topological polar surface area (TPSA) is 57.2 Å². The molecule has 0 saturated carbocycles. The summed E-state index contributed by atoms with van der Waals surface area (Å²) in [7, 11) is 1.62. The van der Waals surface area contributed by atoms with E-state index in [0.717, 1.165) is 0 Å². The number of hydrogen-bond acceptors (Lipinski definition) is 5. The first kappa shape index (κ1) is 14.3. The van der Waals surface area contributed by atoms with Gasteiger partial charge >= 0.3 is 0 Å². The summed E-state index contributed by atoms with van der Waals surface area (Å²) < 4.78 is 7.36. The lowest BCUT2D eigenvalue weighted by Crippen LogP contribution is -2.21. The van der Waals surface area contributed by atoms with Crippen LogP contribution >= 0.6 is 23.6 Å². The fourth-order valence-corrected chi connectivity index (χ4v) is 2.84. The van der Waals surface area contributed by atoms with Crippen LogP contribution in [0.5, 0.6) is 0 Å². The number of nitrogens with zero attached hydrogens (tertiary/aromatic N) is 1. The molecule has 1 heterocycles. The Bertz CT molecular complexity index is 469. The number of nitrogen functional groups attached to an aromatic ring is 1. The van der Waals surface area contributed by atoms with Crippen molar-refractivity contribution >= 4 is 35.2 Å². The Kier molecular flexibility index (Phi) is 4.46. The van der Waals surface area contributed by atoms with Gasteiger partial charge in [0.2, 0.25) is 0 Å². The number of anilines is 1. The predicted octanol–water partition coefficient (Wildman–Crippen LogP) is 2.74. The molecule has 17 heavy (non-hydrogen) atoms. The van der Waals surface area contributed by atoms with Crippen molar-refractivity contribution in [1.29, 1.82) is 0 Å². The molecule has 0 radical (unpaired) electrons. The Morgan fingerprint density at radius 1 is 1.53 bits per heavy atom. The van der Waals surface area contributed by atoms with E-state index in [1.165, 1.54) is 11.3 Å². The molecule has 0 unspecified atom stereocenters. The third kappa shape index (κ3) is 3.14. The van der Waals surface area contributed by atoms with Crippen LogP contribution in [0.15, 0.2) is 0 Å². The fourth-order valence-electron chi connectivity index (χ4n) is 1.31. The van der Waals surface area contributed by atoms with Crippen LogP contribution in [0.4, 0.5) is 5.82 Å². The van der Waals surface area contributed by atoms with Gasteiger partial charge in [-0.2, -0.15) is 0 Å². The molecule has 0 fully saturated rings. The summed E-state index contributed by atoms with van der Waals surface area (Å²) in [6.07, 6.45) is 0. The van der Waals surface area contributed by atoms with Crippen molar-refractivity contribution in [2.75, 3.05) is 19.5 Å². The standard InChI is InChI=1S/C11H18N2O2S2/c1-11(2,3)8(14)7-9(12)13(5-6-15-4)10(16)17-7/h5-6,12H2,1-4H3. The molecular formula is C11H18N2O2S2. The third-order valence-electron chi connectivity index (χ3n) is 2.34. The quantitative estimate of drug-likeness (QED) is 0.677. The summed E-state index contributed by atoms with van der Waals surface area (Å²) in [5.74, 6) is 0.485. The molecule has 0 amide bonds. The van der Waals surface area contributed by atoms with Crippen LogP contribution < -0.4 is 5.73 Å². The highest BCUT2D eigenvalue weighted by atomic mass is 32.1. The Morgan fingerprint density at radius 3 is 2.59 bits per heavy atom. The molecule has 1 aromatic rings. The molecule has 2 N–H and O–H groups in total. The van der Waals surface area contributed by atoms with Gasteiger partial charge in [-0.05, 0) is 12.2 Å². The molecule has 96 valence electrons. The van der Waals surface area contributed by atoms with Gasteiger partial charge < -0.3 is 15.0 Å². The van der Waals surface area contributed by atoms with E-state index in [4.69, 9.17) is 22.7 Å². The number of aromatic nitrogens is 1. The Hall–Kier alpha value is -0.720. The molecule has 4 nitrogen and oxygen atoms in total. The third-order valence-corrected chi connectivity index (χ3v) is 3.80. The van der Waals surface area contributed by atoms with Crippen molar-refractivity contribution in [3.8, 4) is 0 Å². The van der Waals surface area contributed by atoms with E-state index >= 15 is 0 Å². The Balaban J connectivity index is 3.13. The lowest BCUT2D eigenvalue weighted by Gasteiger charge is -2.15. The smallest absolute Gasteiger partial charge is 0.181 e. The van der Waals surface area contributed by atoms with Gasteiger partial charge in [-0.1, -0.05) is 32.1 Å². The van der Waals surface area contributed by atoms with E-state index in [1.54, 1.807) is 11.7 Å². The first-order valence-electron chi connectivity index (χ1n) is 5.32. The van der Waals surface area contributed by atoms with Crippen molar-refractivity contribution < 1.29 is 9.53 Å². The number of carbonyl (C=O) groups is 1. The van der Waals surface area contributed by atoms with Gasteiger partial charge in [0.25, 0.3) is 0 Å². The molecule has 1 rings (SSSR count). The summed E-state index contributed by atoms with van der Waals surface area (Å²) in [5, 5.41) is 0. The highest BCUT2D eigenvalue weighted by Crippen LogP contribution is 2.29. The average Bonchev–Trinajstić information content (AvgIpc) is 2.50. The zero-order valence-corrected chi connectivity index (χ0v) is 12.2. The zero-order chi connectivity index (χ0) is 13.2. The monoisotopic (exact) mass is 274 g/mol. The first-order valence-corrected chi connectivity index (χ1v) is 6.54. The average molecular weight is 274 g/mol. The van der Waals surface area contributed by atoms with E-state index in [9.17, 15) is 4.79 Å². The largest absolute Gasteiger partial charge is 0.384 e. The molecule has 0 bridgehead atoms. The number of methoxy groups -OCH3 is 1. The van der Waals surface area contributed by atoms with Crippen LogP contribution in [-0.4, -0.2) is 24.1 Å². The number of ketones is 1. The molecule has 1 aromatic heterocycles. The minimum absolute atomic E-state index is 0.0299. The van der Waals surface area contributed by atoms with Crippen LogP contribution in [0.2, 0.25) is 0 Å². The van der Waals surface area contributed by atoms with E-state index in [-0.39, 0.29) is 5.78 Å². The summed E-state index contributed by atoms with van der Waals surface area (Å²) in [5.41, 5.74) is 5.53.